The van der Waals surface area contributed by atoms with Gasteiger partial charge in [0.15, 0.2) is 0 Å². The van der Waals surface area contributed by atoms with E-state index >= 15 is 0 Å². The number of hydrogen-bond acceptors (Lipinski definition) is 5. The molecule has 84 valence electrons. The van der Waals surface area contributed by atoms with Crippen LogP contribution in [-0.2, 0) is 6.42 Å². The molecule has 1 saturated heterocycles. The second-order valence-corrected chi connectivity index (χ2v) is 4.03. The van der Waals surface area contributed by atoms with Gasteiger partial charge in [-0.2, -0.15) is 4.98 Å². The van der Waals surface area contributed by atoms with Gasteiger partial charge in [-0.25, -0.2) is 0 Å². The van der Waals surface area contributed by atoms with Gasteiger partial charge in [-0.3, -0.25) is 0 Å². The summed E-state index contributed by atoms with van der Waals surface area (Å²) in [6.07, 6.45) is 4.65. The molecular formula is C10H18N4O. The molecule has 5 heteroatoms. The van der Waals surface area contributed by atoms with Gasteiger partial charge in [-0.05, 0) is 31.1 Å². The van der Waals surface area contributed by atoms with Gasteiger partial charge in [0, 0.05) is 12.5 Å². The first-order valence-electron chi connectivity index (χ1n) is 5.61. The number of anilines is 1. The minimum atomic E-state index is 0.240. The molecule has 0 spiro atoms. The van der Waals surface area contributed by atoms with Gasteiger partial charge in [0.25, 0.3) is 5.95 Å². The molecule has 15 heavy (non-hydrogen) atoms. The maximum absolute atomic E-state index is 5.42. The van der Waals surface area contributed by atoms with E-state index in [1.807, 2.05) is 0 Å². The number of likely N-dealkylation sites (N-methyl/N-ethyl adjacent to an activating group) is 1. The van der Waals surface area contributed by atoms with E-state index in [1.165, 1.54) is 25.8 Å². The summed E-state index contributed by atoms with van der Waals surface area (Å²) < 4.78 is 5.05. The van der Waals surface area contributed by atoms with Crippen molar-refractivity contribution >= 4 is 5.95 Å². The molecule has 1 fully saturated rings. The molecule has 1 atom stereocenters. The van der Waals surface area contributed by atoms with Crippen LogP contribution < -0.4 is 5.73 Å². The fourth-order valence-corrected chi connectivity index (χ4v) is 2.26. The number of hydrogen-bond donors (Lipinski definition) is 1. The van der Waals surface area contributed by atoms with Crippen molar-refractivity contribution in [3.05, 3.63) is 5.89 Å². The number of piperidine rings is 1. The first kappa shape index (κ1) is 10.4. The molecule has 2 N–H and O–H groups in total. The Labute approximate surface area is 89.6 Å². The Bertz CT molecular complexity index is 312. The zero-order valence-electron chi connectivity index (χ0n) is 9.15. The number of nitrogen functional groups attached to an aromatic ring is 1. The van der Waals surface area contributed by atoms with Gasteiger partial charge >= 0.3 is 0 Å². The van der Waals surface area contributed by atoms with E-state index in [1.54, 1.807) is 0 Å². The molecule has 1 unspecified atom stereocenters. The first-order chi connectivity index (χ1) is 7.29. The zero-order chi connectivity index (χ0) is 10.7. The summed E-state index contributed by atoms with van der Waals surface area (Å²) in [7, 11) is 0. The Morgan fingerprint density at radius 3 is 3.07 bits per heavy atom. The van der Waals surface area contributed by atoms with Crippen molar-refractivity contribution < 1.29 is 4.52 Å². The van der Waals surface area contributed by atoms with Crippen molar-refractivity contribution in [2.24, 2.45) is 0 Å². The molecular weight excluding hydrogens is 192 g/mol. The summed E-state index contributed by atoms with van der Waals surface area (Å²) in [4.78, 5) is 6.52. The summed E-state index contributed by atoms with van der Waals surface area (Å²) in [5, 5.41) is 3.61. The second-order valence-electron chi connectivity index (χ2n) is 4.03. The quantitative estimate of drug-likeness (QED) is 0.808. The van der Waals surface area contributed by atoms with Crippen molar-refractivity contribution in [1.29, 1.82) is 0 Å². The van der Waals surface area contributed by atoms with Crippen LogP contribution in [0.3, 0.4) is 0 Å². The smallest absolute Gasteiger partial charge is 0.260 e. The SMILES string of the molecule is CCN1CCCCC1Cc1nc(N)no1. The van der Waals surface area contributed by atoms with Crippen LogP contribution in [0.25, 0.3) is 0 Å². The molecule has 1 aromatic rings. The van der Waals surface area contributed by atoms with Gasteiger partial charge in [-0.1, -0.05) is 13.3 Å². The monoisotopic (exact) mass is 210 g/mol. The average molecular weight is 210 g/mol. The third-order valence-electron chi connectivity index (χ3n) is 3.05. The third-order valence-corrected chi connectivity index (χ3v) is 3.05. The fourth-order valence-electron chi connectivity index (χ4n) is 2.26. The standard InChI is InChI=1S/C10H18N4O/c1-2-14-6-4-3-5-8(14)7-9-12-10(11)13-15-9/h8H,2-7H2,1H3,(H2,11,13). The maximum Gasteiger partial charge on any atom is 0.260 e. The lowest BCUT2D eigenvalue weighted by molar-refractivity contribution is 0.146. The van der Waals surface area contributed by atoms with Crippen molar-refractivity contribution in [3.8, 4) is 0 Å². The van der Waals surface area contributed by atoms with Gasteiger partial charge in [0.05, 0.1) is 0 Å². The number of likely N-dealkylation sites (tertiary alicyclic amines) is 1. The van der Waals surface area contributed by atoms with Crippen LogP contribution in [0, 0.1) is 0 Å². The van der Waals surface area contributed by atoms with Gasteiger partial charge in [0.2, 0.25) is 5.89 Å². The van der Waals surface area contributed by atoms with Crippen LogP contribution in [0.2, 0.25) is 0 Å². The Balaban J connectivity index is 1.97. The van der Waals surface area contributed by atoms with Crippen molar-refractivity contribution in [2.45, 2.75) is 38.6 Å². The summed E-state index contributed by atoms with van der Waals surface area (Å²) >= 11 is 0. The van der Waals surface area contributed by atoms with E-state index in [0.717, 1.165) is 13.0 Å². The van der Waals surface area contributed by atoms with E-state index in [-0.39, 0.29) is 5.95 Å². The predicted octanol–water partition coefficient (Wildman–Crippen LogP) is 1.07. The van der Waals surface area contributed by atoms with Crippen molar-refractivity contribution in [3.63, 3.8) is 0 Å². The maximum atomic E-state index is 5.42. The molecule has 1 aliphatic heterocycles. The number of aromatic nitrogens is 2. The lowest BCUT2D eigenvalue weighted by Gasteiger charge is -2.33. The summed E-state index contributed by atoms with van der Waals surface area (Å²) in [5.41, 5.74) is 5.42. The van der Waals surface area contributed by atoms with Crippen LogP contribution in [-0.4, -0.2) is 34.2 Å². The number of rotatable bonds is 3. The topological polar surface area (TPSA) is 68.2 Å². The molecule has 1 aromatic heterocycles. The van der Waals surface area contributed by atoms with E-state index in [0.29, 0.717) is 11.9 Å². The highest BCUT2D eigenvalue weighted by atomic mass is 16.5. The largest absolute Gasteiger partial charge is 0.365 e. The highest BCUT2D eigenvalue weighted by Crippen LogP contribution is 2.19. The Morgan fingerprint density at radius 2 is 2.40 bits per heavy atom. The lowest BCUT2D eigenvalue weighted by Crippen LogP contribution is -2.40. The molecule has 0 saturated carbocycles. The first-order valence-corrected chi connectivity index (χ1v) is 5.61. The van der Waals surface area contributed by atoms with Crippen molar-refractivity contribution in [2.75, 3.05) is 18.8 Å². The highest BCUT2D eigenvalue weighted by Gasteiger charge is 2.23. The third kappa shape index (κ3) is 2.47. The van der Waals surface area contributed by atoms with Crippen LogP contribution in [0.4, 0.5) is 5.95 Å². The zero-order valence-corrected chi connectivity index (χ0v) is 9.15. The van der Waals surface area contributed by atoms with Crippen LogP contribution in [0.1, 0.15) is 32.1 Å². The summed E-state index contributed by atoms with van der Waals surface area (Å²) in [6.45, 7) is 4.47. The average Bonchev–Trinajstić information content (AvgIpc) is 2.65. The molecule has 0 aromatic carbocycles. The van der Waals surface area contributed by atoms with Gasteiger partial charge in [0.1, 0.15) is 0 Å². The van der Waals surface area contributed by atoms with E-state index in [2.05, 4.69) is 22.0 Å². The lowest BCUT2D eigenvalue weighted by atomic mass is 9.99. The highest BCUT2D eigenvalue weighted by molar-refractivity contribution is 5.10. The molecule has 1 aliphatic rings. The molecule has 0 bridgehead atoms. The minimum Gasteiger partial charge on any atom is -0.365 e. The number of nitrogens with zero attached hydrogens (tertiary/aromatic N) is 3. The normalized spacial score (nSPS) is 23.1. The van der Waals surface area contributed by atoms with Gasteiger partial charge in [-0.15, -0.1) is 0 Å². The Kier molecular flexibility index (Phi) is 3.20. The fraction of sp³-hybridized carbons (Fsp3) is 0.800. The van der Waals surface area contributed by atoms with Crippen LogP contribution in [0.5, 0.6) is 0 Å². The van der Waals surface area contributed by atoms with E-state index < -0.39 is 0 Å². The Hall–Kier alpha value is -1.10. The molecule has 2 heterocycles. The van der Waals surface area contributed by atoms with Gasteiger partial charge < -0.3 is 15.2 Å². The molecule has 2 rings (SSSR count). The van der Waals surface area contributed by atoms with E-state index in [9.17, 15) is 0 Å². The summed E-state index contributed by atoms with van der Waals surface area (Å²) in [6, 6.07) is 0.545. The van der Waals surface area contributed by atoms with Crippen LogP contribution in [0.15, 0.2) is 4.52 Å². The van der Waals surface area contributed by atoms with Crippen LogP contribution >= 0.6 is 0 Å². The molecule has 0 amide bonds. The second kappa shape index (κ2) is 4.61. The molecule has 5 nitrogen and oxygen atoms in total. The van der Waals surface area contributed by atoms with E-state index in [4.69, 9.17) is 10.3 Å². The van der Waals surface area contributed by atoms with Crippen molar-refractivity contribution in [1.82, 2.24) is 15.0 Å². The number of nitrogens with two attached hydrogens (primary N) is 1. The molecule has 0 aliphatic carbocycles. The summed E-state index contributed by atoms with van der Waals surface area (Å²) in [5.74, 6) is 0.904. The minimum absolute atomic E-state index is 0.240. The molecule has 0 radical (unpaired) electrons. The predicted molar refractivity (Wildman–Crippen MR) is 57.3 cm³/mol. The Morgan fingerprint density at radius 1 is 1.53 bits per heavy atom.